The summed E-state index contributed by atoms with van der Waals surface area (Å²) >= 11 is 6.84. The van der Waals surface area contributed by atoms with Crippen molar-refractivity contribution in [2.75, 3.05) is 18.0 Å². The summed E-state index contributed by atoms with van der Waals surface area (Å²) in [5.41, 5.74) is 2.28. The monoisotopic (exact) mass is 430 g/mol. The molecular formula is C23H30N2O2S2. The average Bonchev–Trinajstić information content (AvgIpc) is 3.16. The zero-order valence-electron chi connectivity index (χ0n) is 17.6. The number of thiocarbonyl (C=S) groups is 1. The molecule has 0 spiro atoms. The molecule has 0 aromatic heterocycles. The van der Waals surface area contributed by atoms with Crippen LogP contribution in [0.15, 0.2) is 29.2 Å². The fraction of sp³-hybridized carbons (Fsp3) is 0.522. The number of nitrogens with zero attached hydrogens (tertiary/aromatic N) is 2. The lowest BCUT2D eigenvalue weighted by Crippen LogP contribution is -2.33. The maximum atomic E-state index is 13.3. The summed E-state index contributed by atoms with van der Waals surface area (Å²) in [6.45, 7) is 7.78. The number of benzene rings is 1. The molecule has 1 fully saturated rings. The van der Waals surface area contributed by atoms with E-state index < -0.39 is 0 Å². The maximum Gasteiger partial charge on any atom is 0.267 e. The van der Waals surface area contributed by atoms with Crippen molar-refractivity contribution in [3.05, 3.63) is 34.7 Å². The fourth-order valence-corrected chi connectivity index (χ4v) is 5.27. The second-order valence-electron chi connectivity index (χ2n) is 7.73. The van der Waals surface area contributed by atoms with Crippen molar-refractivity contribution in [3.63, 3.8) is 0 Å². The molecule has 29 heavy (non-hydrogen) atoms. The molecule has 4 nitrogen and oxygen atoms in total. The van der Waals surface area contributed by atoms with Crippen LogP contribution in [0.25, 0.3) is 5.57 Å². The van der Waals surface area contributed by atoms with Gasteiger partial charge in [0.05, 0.1) is 16.2 Å². The van der Waals surface area contributed by atoms with Gasteiger partial charge in [-0.25, -0.2) is 0 Å². The van der Waals surface area contributed by atoms with E-state index >= 15 is 0 Å². The number of rotatable bonds is 9. The molecule has 2 heterocycles. The van der Waals surface area contributed by atoms with Crippen LogP contribution in [-0.2, 0) is 9.59 Å². The Morgan fingerprint density at radius 1 is 1.00 bits per heavy atom. The molecule has 6 heteroatoms. The summed E-state index contributed by atoms with van der Waals surface area (Å²) in [6.07, 6.45) is 6.38. The van der Waals surface area contributed by atoms with Crippen molar-refractivity contribution < 1.29 is 9.59 Å². The Hall–Kier alpha value is -1.66. The molecule has 0 bridgehead atoms. The summed E-state index contributed by atoms with van der Waals surface area (Å²) in [4.78, 5) is 30.6. The number of carbonyl (C=O) groups excluding carboxylic acids is 2. The maximum absolute atomic E-state index is 13.3. The van der Waals surface area contributed by atoms with Gasteiger partial charge >= 0.3 is 0 Å². The first-order valence-electron chi connectivity index (χ1n) is 10.7. The number of hydrogen-bond donors (Lipinski definition) is 0. The van der Waals surface area contributed by atoms with Crippen LogP contribution in [0.4, 0.5) is 5.69 Å². The van der Waals surface area contributed by atoms with E-state index in [2.05, 4.69) is 20.8 Å². The summed E-state index contributed by atoms with van der Waals surface area (Å²) in [6, 6.07) is 7.78. The molecule has 2 amide bonds. The topological polar surface area (TPSA) is 40.6 Å². The van der Waals surface area contributed by atoms with Gasteiger partial charge < -0.3 is 4.90 Å². The molecule has 0 radical (unpaired) electrons. The number of carbonyl (C=O) groups is 2. The normalized spacial score (nSPS) is 20.0. The van der Waals surface area contributed by atoms with Crippen molar-refractivity contribution in [1.82, 2.24) is 4.90 Å². The molecule has 1 saturated heterocycles. The molecule has 1 atom stereocenters. The average molecular weight is 431 g/mol. The molecule has 2 aliphatic rings. The smallest absolute Gasteiger partial charge is 0.267 e. The Bertz CT molecular complexity index is 834. The summed E-state index contributed by atoms with van der Waals surface area (Å²) < 4.78 is 0.574. The molecule has 0 N–H and O–H groups in total. The lowest BCUT2D eigenvalue weighted by Gasteiger charge is -2.21. The lowest BCUT2D eigenvalue weighted by atomic mass is 9.98. The first kappa shape index (κ1) is 22.0. The van der Waals surface area contributed by atoms with E-state index in [0.29, 0.717) is 33.8 Å². The Morgan fingerprint density at radius 2 is 1.72 bits per heavy atom. The van der Waals surface area contributed by atoms with E-state index in [-0.39, 0.29) is 11.8 Å². The van der Waals surface area contributed by atoms with E-state index in [0.717, 1.165) is 49.8 Å². The van der Waals surface area contributed by atoms with Gasteiger partial charge in [-0.1, -0.05) is 88.6 Å². The quantitative estimate of drug-likeness (QED) is 0.376. The van der Waals surface area contributed by atoms with Gasteiger partial charge in [-0.2, -0.15) is 0 Å². The van der Waals surface area contributed by atoms with Crippen LogP contribution in [0, 0.1) is 5.92 Å². The third kappa shape index (κ3) is 4.43. The van der Waals surface area contributed by atoms with Crippen molar-refractivity contribution >= 4 is 51.4 Å². The van der Waals surface area contributed by atoms with Crippen LogP contribution in [-0.4, -0.2) is 34.1 Å². The molecule has 1 aromatic rings. The number of anilines is 1. The molecule has 156 valence electrons. The number of thioether (sulfide) groups is 1. The van der Waals surface area contributed by atoms with Gasteiger partial charge in [0.1, 0.15) is 4.32 Å². The number of para-hydroxylation sites is 1. The van der Waals surface area contributed by atoms with Gasteiger partial charge in [-0.05, 0) is 24.8 Å². The third-order valence-corrected chi connectivity index (χ3v) is 7.17. The zero-order chi connectivity index (χ0) is 21.0. The van der Waals surface area contributed by atoms with Gasteiger partial charge in [0, 0.05) is 18.7 Å². The number of unbranched alkanes of at least 4 members (excludes halogenated alkanes) is 2. The molecule has 1 unspecified atom stereocenters. The van der Waals surface area contributed by atoms with E-state index in [4.69, 9.17) is 12.2 Å². The predicted molar refractivity (Wildman–Crippen MR) is 126 cm³/mol. The summed E-state index contributed by atoms with van der Waals surface area (Å²) in [7, 11) is 0. The van der Waals surface area contributed by atoms with Crippen molar-refractivity contribution in [2.24, 2.45) is 5.92 Å². The largest absolute Gasteiger partial charge is 0.308 e. The first-order valence-corrected chi connectivity index (χ1v) is 11.9. The van der Waals surface area contributed by atoms with Crippen LogP contribution in [0.2, 0.25) is 0 Å². The van der Waals surface area contributed by atoms with E-state index in [1.165, 1.54) is 11.8 Å². The highest BCUT2D eigenvalue weighted by atomic mass is 32.2. The highest BCUT2D eigenvalue weighted by molar-refractivity contribution is 8.26. The number of amides is 2. The Labute approximate surface area is 183 Å². The highest BCUT2D eigenvalue weighted by Crippen LogP contribution is 2.44. The fourth-order valence-electron chi connectivity index (χ4n) is 3.92. The summed E-state index contributed by atoms with van der Waals surface area (Å²) in [5, 5.41) is 0. The molecule has 0 saturated carbocycles. The second-order valence-corrected chi connectivity index (χ2v) is 9.38. The number of fused-ring (bicyclic) bond motifs is 1. The lowest BCUT2D eigenvalue weighted by molar-refractivity contribution is -0.123. The van der Waals surface area contributed by atoms with Crippen LogP contribution < -0.4 is 4.90 Å². The Morgan fingerprint density at radius 3 is 2.41 bits per heavy atom. The van der Waals surface area contributed by atoms with Gasteiger partial charge in [-0.3, -0.25) is 14.5 Å². The van der Waals surface area contributed by atoms with Crippen LogP contribution in [0.3, 0.4) is 0 Å². The Balaban J connectivity index is 1.92. The molecule has 3 rings (SSSR count). The SMILES string of the molecule is CCCCC(CC)CN1C(=O)/C(=C2/C(=O)N(CCCC)c3ccccc32)SC1=S. The van der Waals surface area contributed by atoms with E-state index in [1.807, 2.05) is 29.2 Å². The van der Waals surface area contributed by atoms with Crippen LogP contribution >= 0.6 is 24.0 Å². The first-order chi connectivity index (χ1) is 14.0. The van der Waals surface area contributed by atoms with E-state index in [1.54, 1.807) is 4.90 Å². The van der Waals surface area contributed by atoms with Gasteiger partial charge in [0.25, 0.3) is 11.8 Å². The minimum Gasteiger partial charge on any atom is -0.308 e. The second kappa shape index (κ2) is 9.90. The van der Waals surface area contributed by atoms with Crippen molar-refractivity contribution in [3.8, 4) is 0 Å². The van der Waals surface area contributed by atoms with Gasteiger partial charge in [-0.15, -0.1) is 0 Å². The molecule has 0 aliphatic carbocycles. The zero-order valence-corrected chi connectivity index (χ0v) is 19.2. The van der Waals surface area contributed by atoms with Crippen LogP contribution in [0.1, 0.15) is 64.9 Å². The third-order valence-electron chi connectivity index (χ3n) is 5.72. The predicted octanol–water partition coefficient (Wildman–Crippen LogP) is 5.62. The standard InChI is InChI=1S/C23H30N2O2S2/c1-4-7-11-16(6-3)15-25-22(27)20(29-23(25)28)19-17-12-9-10-13-18(17)24(21(19)26)14-8-5-2/h9-10,12-13,16H,4-8,11,14-15H2,1-3H3/b20-19-. The van der Waals surface area contributed by atoms with Crippen LogP contribution in [0.5, 0.6) is 0 Å². The minimum absolute atomic E-state index is 0.0711. The van der Waals surface area contributed by atoms with Gasteiger partial charge in [0.15, 0.2) is 0 Å². The molecule has 2 aliphatic heterocycles. The highest BCUT2D eigenvalue weighted by Gasteiger charge is 2.42. The van der Waals surface area contributed by atoms with Crippen molar-refractivity contribution in [2.45, 2.75) is 59.3 Å². The number of hydrogen-bond acceptors (Lipinski definition) is 4. The molecular weight excluding hydrogens is 400 g/mol. The minimum atomic E-state index is -0.106. The van der Waals surface area contributed by atoms with Crippen molar-refractivity contribution in [1.29, 1.82) is 0 Å². The van der Waals surface area contributed by atoms with E-state index in [9.17, 15) is 9.59 Å². The summed E-state index contributed by atoms with van der Waals surface area (Å²) in [5.74, 6) is 0.262. The van der Waals surface area contributed by atoms with Gasteiger partial charge in [0.2, 0.25) is 0 Å². The molecule has 1 aromatic carbocycles. The Kier molecular flexibility index (Phi) is 7.52.